The molecule has 1 N–H and O–H groups in total. The second kappa shape index (κ2) is 7.69. The lowest BCUT2D eigenvalue weighted by Crippen LogP contribution is -2.40. The summed E-state index contributed by atoms with van der Waals surface area (Å²) >= 11 is 0. The van der Waals surface area contributed by atoms with E-state index in [1.165, 1.54) is 0 Å². The Morgan fingerprint density at radius 2 is 2.00 bits per heavy atom. The normalized spacial score (nSPS) is 15.3. The predicted molar refractivity (Wildman–Crippen MR) is 63.0 cm³/mol. The highest BCUT2D eigenvalue weighted by Crippen LogP contribution is 2.11. The van der Waals surface area contributed by atoms with Gasteiger partial charge < -0.3 is 5.11 Å². The third kappa shape index (κ3) is 5.78. The summed E-state index contributed by atoms with van der Waals surface area (Å²) in [4.78, 5) is 13.1. The molecule has 0 heterocycles. The molecule has 0 aromatic heterocycles. The molecular formula is C12H25NO2. The SMILES string of the molecule is CCCCC(C(=O)O)N(C)CC(C)CC. The van der Waals surface area contributed by atoms with Crippen LogP contribution in [-0.2, 0) is 4.79 Å². The average Bonchev–Trinajstić information content (AvgIpc) is 2.17. The second-order valence-electron chi connectivity index (χ2n) is 4.45. The molecule has 0 aliphatic rings. The minimum absolute atomic E-state index is 0.307. The van der Waals surface area contributed by atoms with Gasteiger partial charge in [0.15, 0.2) is 0 Å². The van der Waals surface area contributed by atoms with Crippen LogP contribution in [-0.4, -0.2) is 35.6 Å². The molecule has 3 heteroatoms. The van der Waals surface area contributed by atoms with Crippen molar-refractivity contribution in [3.05, 3.63) is 0 Å². The van der Waals surface area contributed by atoms with Gasteiger partial charge in [0.05, 0.1) is 0 Å². The molecule has 3 nitrogen and oxygen atoms in total. The zero-order valence-corrected chi connectivity index (χ0v) is 10.5. The van der Waals surface area contributed by atoms with Crippen LogP contribution in [0.15, 0.2) is 0 Å². The van der Waals surface area contributed by atoms with Crippen LogP contribution in [0, 0.1) is 5.92 Å². The van der Waals surface area contributed by atoms with Crippen molar-refractivity contribution < 1.29 is 9.90 Å². The summed E-state index contributed by atoms with van der Waals surface area (Å²) in [5.74, 6) is -0.118. The highest BCUT2D eigenvalue weighted by Gasteiger charge is 2.22. The first kappa shape index (κ1) is 14.4. The Hall–Kier alpha value is -0.570. The standard InChI is InChI=1S/C12H25NO2/c1-5-7-8-11(12(14)15)13(4)9-10(3)6-2/h10-11H,5-9H2,1-4H3,(H,14,15). The smallest absolute Gasteiger partial charge is 0.320 e. The van der Waals surface area contributed by atoms with Crippen LogP contribution < -0.4 is 0 Å². The van der Waals surface area contributed by atoms with Crippen LogP contribution in [0.3, 0.4) is 0 Å². The molecule has 15 heavy (non-hydrogen) atoms. The van der Waals surface area contributed by atoms with E-state index in [1.54, 1.807) is 0 Å². The van der Waals surface area contributed by atoms with Crippen molar-refractivity contribution in [2.45, 2.75) is 52.5 Å². The molecule has 0 radical (unpaired) electrons. The zero-order valence-electron chi connectivity index (χ0n) is 10.5. The molecule has 2 atom stereocenters. The van der Waals surface area contributed by atoms with Gasteiger partial charge in [-0.05, 0) is 19.4 Å². The molecule has 2 unspecified atom stereocenters. The van der Waals surface area contributed by atoms with Gasteiger partial charge in [-0.1, -0.05) is 40.0 Å². The number of carboxylic acid groups (broad SMARTS) is 1. The largest absolute Gasteiger partial charge is 0.480 e. The lowest BCUT2D eigenvalue weighted by atomic mass is 10.1. The molecule has 0 rings (SSSR count). The Balaban J connectivity index is 4.15. The molecule has 0 saturated heterocycles. The average molecular weight is 215 g/mol. The van der Waals surface area contributed by atoms with E-state index in [4.69, 9.17) is 5.11 Å². The Labute approximate surface area is 93.5 Å². The summed E-state index contributed by atoms with van der Waals surface area (Å²) < 4.78 is 0. The summed E-state index contributed by atoms with van der Waals surface area (Å²) in [5.41, 5.74) is 0. The molecule has 0 fully saturated rings. The van der Waals surface area contributed by atoms with Crippen molar-refractivity contribution in [1.29, 1.82) is 0 Å². The highest BCUT2D eigenvalue weighted by molar-refractivity contribution is 5.73. The first-order valence-corrected chi connectivity index (χ1v) is 5.95. The molecule has 0 aromatic rings. The number of carbonyl (C=O) groups is 1. The summed E-state index contributed by atoms with van der Waals surface area (Å²) in [5, 5.41) is 9.11. The zero-order chi connectivity index (χ0) is 11.8. The maximum atomic E-state index is 11.1. The van der Waals surface area contributed by atoms with Crippen molar-refractivity contribution in [1.82, 2.24) is 4.90 Å². The number of nitrogens with zero attached hydrogens (tertiary/aromatic N) is 1. The maximum absolute atomic E-state index is 11.1. The van der Waals surface area contributed by atoms with Crippen LogP contribution in [0.5, 0.6) is 0 Å². The fourth-order valence-electron chi connectivity index (χ4n) is 1.68. The van der Waals surface area contributed by atoms with Gasteiger partial charge in [0.1, 0.15) is 6.04 Å². The molecule has 0 spiro atoms. The van der Waals surface area contributed by atoms with Gasteiger partial charge in [0.2, 0.25) is 0 Å². The number of hydrogen-bond acceptors (Lipinski definition) is 2. The van der Waals surface area contributed by atoms with E-state index in [0.29, 0.717) is 5.92 Å². The molecule has 0 amide bonds. The van der Waals surface area contributed by atoms with E-state index in [0.717, 1.165) is 32.2 Å². The Morgan fingerprint density at radius 3 is 2.40 bits per heavy atom. The van der Waals surface area contributed by atoms with E-state index in [-0.39, 0.29) is 6.04 Å². The third-order valence-corrected chi connectivity index (χ3v) is 2.94. The minimum atomic E-state index is -0.686. The monoisotopic (exact) mass is 215 g/mol. The molecule has 0 saturated carbocycles. The summed E-state index contributed by atoms with van der Waals surface area (Å²) in [6, 6.07) is -0.307. The minimum Gasteiger partial charge on any atom is -0.480 e. The van der Waals surface area contributed by atoms with Crippen LogP contribution >= 0.6 is 0 Å². The Morgan fingerprint density at radius 1 is 1.40 bits per heavy atom. The van der Waals surface area contributed by atoms with E-state index in [1.807, 2.05) is 11.9 Å². The Kier molecular flexibility index (Phi) is 7.39. The first-order chi connectivity index (χ1) is 7.02. The molecule has 0 aromatic carbocycles. The number of aliphatic carboxylic acids is 1. The highest BCUT2D eigenvalue weighted by atomic mass is 16.4. The summed E-state index contributed by atoms with van der Waals surface area (Å²) in [6.07, 6.45) is 3.91. The second-order valence-corrected chi connectivity index (χ2v) is 4.45. The summed E-state index contributed by atoms with van der Waals surface area (Å²) in [6.45, 7) is 7.26. The van der Waals surface area contributed by atoms with Gasteiger partial charge in [-0.2, -0.15) is 0 Å². The fraction of sp³-hybridized carbons (Fsp3) is 0.917. The van der Waals surface area contributed by atoms with Gasteiger partial charge in [-0.3, -0.25) is 9.69 Å². The first-order valence-electron chi connectivity index (χ1n) is 5.95. The molecule has 0 bridgehead atoms. The van der Waals surface area contributed by atoms with Crippen molar-refractivity contribution >= 4 is 5.97 Å². The van der Waals surface area contributed by atoms with E-state index in [9.17, 15) is 4.79 Å². The van der Waals surface area contributed by atoms with Gasteiger partial charge >= 0.3 is 5.97 Å². The fourth-order valence-corrected chi connectivity index (χ4v) is 1.68. The van der Waals surface area contributed by atoms with Crippen LogP contribution in [0.2, 0.25) is 0 Å². The lowest BCUT2D eigenvalue weighted by molar-refractivity contribution is -0.143. The maximum Gasteiger partial charge on any atom is 0.320 e. The molecular weight excluding hydrogens is 190 g/mol. The lowest BCUT2D eigenvalue weighted by Gasteiger charge is -2.26. The van der Waals surface area contributed by atoms with Crippen molar-refractivity contribution in [2.75, 3.05) is 13.6 Å². The van der Waals surface area contributed by atoms with Crippen molar-refractivity contribution in [3.63, 3.8) is 0 Å². The van der Waals surface area contributed by atoms with E-state index >= 15 is 0 Å². The topological polar surface area (TPSA) is 40.5 Å². The van der Waals surface area contributed by atoms with Crippen LogP contribution in [0.4, 0.5) is 0 Å². The van der Waals surface area contributed by atoms with Gasteiger partial charge in [-0.25, -0.2) is 0 Å². The van der Waals surface area contributed by atoms with Crippen molar-refractivity contribution in [3.8, 4) is 0 Å². The Bertz CT molecular complexity index is 182. The quantitative estimate of drug-likeness (QED) is 0.676. The third-order valence-electron chi connectivity index (χ3n) is 2.94. The van der Waals surface area contributed by atoms with Gasteiger partial charge in [0.25, 0.3) is 0 Å². The van der Waals surface area contributed by atoms with E-state index in [2.05, 4.69) is 20.8 Å². The van der Waals surface area contributed by atoms with Crippen LogP contribution in [0.1, 0.15) is 46.5 Å². The number of carboxylic acids is 1. The number of hydrogen-bond donors (Lipinski definition) is 1. The van der Waals surface area contributed by atoms with Gasteiger partial charge in [0, 0.05) is 6.54 Å². The molecule has 0 aliphatic carbocycles. The molecule has 0 aliphatic heterocycles. The number of unbranched alkanes of at least 4 members (excludes halogenated alkanes) is 1. The predicted octanol–water partition coefficient (Wildman–Crippen LogP) is 2.61. The van der Waals surface area contributed by atoms with Gasteiger partial charge in [-0.15, -0.1) is 0 Å². The van der Waals surface area contributed by atoms with E-state index < -0.39 is 5.97 Å². The molecule has 90 valence electrons. The van der Waals surface area contributed by atoms with Crippen LogP contribution in [0.25, 0.3) is 0 Å². The van der Waals surface area contributed by atoms with Crippen molar-refractivity contribution in [2.24, 2.45) is 5.92 Å². The number of likely N-dealkylation sites (N-methyl/N-ethyl adjacent to an activating group) is 1. The summed E-state index contributed by atoms with van der Waals surface area (Å²) in [7, 11) is 1.92. The number of rotatable bonds is 8.